The first-order valence-electron chi connectivity index (χ1n) is 5.08. The number of rotatable bonds is 3. The molecular formula is C10H15N3O2. The van der Waals surface area contributed by atoms with Gasteiger partial charge in [-0.1, -0.05) is 0 Å². The Bertz CT molecular complexity index is 361. The number of hydrogen-bond donors (Lipinski definition) is 0. The van der Waals surface area contributed by atoms with Gasteiger partial charge in [-0.25, -0.2) is 0 Å². The summed E-state index contributed by atoms with van der Waals surface area (Å²) in [6.07, 6.45) is 3.07. The lowest BCUT2D eigenvalue weighted by Gasteiger charge is -2.08. The number of nitrogens with zero attached hydrogens (tertiary/aromatic N) is 3. The van der Waals surface area contributed by atoms with Gasteiger partial charge in [0.25, 0.3) is 0 Å². The third-order valence-corrected chi connectivity index (χ3v) is 2.91. The smallest absolute Gasteiger partial charge is 0.143 e. The fourth-order valence-electron chi connectivity index (χ4n) is 2.19. The number of aromatic nitrogens is 3. The summed E-state index contributed by atoms with van der Waals surface area (Å²) in [5.41, 5.74) is 0. The molecule has 82 valence electrons. The molecule has 1 aromatic rings. The van der Waals surface area contributed by atoms with Gasteiger partial charge in [-0.15, -0.1) is 10.2 Å². The molecule has 0 aromatic carbocycles. The highest BCUT2D eigenvalue weighted by Gasteiger charge is 2.35. The molecule has 5 nitrogen and oxygen atoms in total. The molecule has 0 saturated heterocycles. The van der Waals surface area contributed by atoms with Gasteiger partial charge < -0.3 is 9.30 Å². The van der Waals surface area contributed by atoms with E-state index >= 15 is 0 Å². The second-order valence-corrected chi connectivity index (χ2v) is 4.08. The van der Waals surface area contributed by atoms with Crippen molar-refractivity contribution in [1.29, 1.82) is 0 Å². The topological polar surface area (TPSA) is 57.0 Å². The third kappa shape index (κ3) is 1.92. The highest BCUT2D eigenvalue weighted by Crippen LogP contribution is 2.34. The van der Waals surface area contributed by atoms with Crippen LogP contribution < -0.4 is 0 Å². The molecule has 2 unspecified atom stereocenters. The van der Waals surface area contributed by atoms with Gasteiger partial charge in [0.05, 0.1) is 5.92 Å². The monoisotopic (exact) mass is 209 g/mol. The fourth-order valence-corrected chi connectivity index (χ4v) is 2.19. The van der Waals surface area contributed by atoms with Crippen LogP contribution in [0.3, 0.4) is 0 Å². The Hall–Kier alpha value is -1.23. The van der Waals surface area contributed by atoms with E-state index in [0.717, 1.165) is 12.2 Å². The summed E-state index contributed by atoms with van der Waals surface area (Å²) in [6, 6.07) is 0. The summed E-state index contributed by atoms with van der Waals surface area (Å²) in [5, 5.41) is 7.80. The predicted octanol–water partition coefficient (Wildman–Crippen LogP) is 0.524. The van der Waals surface area contributed by atoms with Crippen molar-refractivity contribution >= 4 is 5.78 Å². The van der Waals surface area contributed by atoms with Crippen LogP contribution in [-0.2, 0) is 16.6 Å². The quantitative estimate of drug-likeness (QED) is 0.728. The van der Waals surface area contributed by atoms with Crippen LogP contribution in [0.15, 0.2) is 6.33 Å². The first kappa shape index (κ1) is 10.3. The molecule has 5 heteroatoms. The van der Waals surface area contributed by atoms with E-state index in [1.165, 1.54) is 0 Å². The van der Waals surface area contributed by atoms with Crippen molar-refractivity contribution in [3.05, 3.63) is 12.2 Å². The van der Waals surface area contributed by atoms with E-state index in [1.54, 1.807) is 13.4 Å². The van der Waals surface area contributed by atoms with E-state index in [1.807, 2.05) is 11.6 Å². The summed E-state index contributed by atoms with van der Waals surface area (Å²) in [7, 11) is 3.53. The molecule has 0 bridgehead atoms. The number of ether oxygens (including phenoxy) is 1. The van der Waals surface area contributed by atoms with Gasteiger partial charge in [-0.3, -0.25) is 4.79 Å². The molecule has 1 saturated carbocycles. The molecular weight excluding hydrogens is 194 g/mol. The van der Waals surface area contributed by atoms with Crippen molar-refractivity contribution in [2.45, 2.75) is 18.8 Å². The first-order valence-corrected chi connectivity index (χ1v) is 5.08. The minimum absolute atomic E-state index is 0.0855. The average molecular weight is 209 g/mol. The lowest BCUT2D eigenvalue weighted by atomic mass is 10.0. The maximum Gasteiger partial charge on any atom is 0.143 e. The second kappa shape index (κ2) is 4.10. The van der Waals surface area contributed by atoms with Crippen LogP contribution in [0.2, 0.25) is 0 Å². The van der Waals surface area contributed by atoms with Gasteiger partial charge in [0.1, 0.15) is 17.9 Å². The molecule has 1 heterocycles. The molecule has 0 spiro atoms. The zero-order valence-electron chi connectivity index (χ0n) is 9.01. The highest BCUT2D eigenvalue weighted by atomic mass is 16.5. The van der Waals surface area contributed by atoms with Gasteiger partial charge >= 0.3 is 0 Å². The van der Waals surface area contributed by atoms with Crippen molar-refractivity contribution < 1.29 is 9.53 Å². The molecule has 1 fully saturated rings. The lowest BCUT2D eigenvalue weighted by Crippen LogP contribution is -2.10. The molecule has 0 N–H and O–H groups in total. The Labute approximate surface area is 88.4 Å². The van der Waals surface area contributed by atoms with Crippen molar-refractivity contribution in [3.63, 3.8) is 0 Å². The Balaban J connectivity index is 2.12. The first-order chi connectivity index (χ1) is 7.22. The van der Waals surface area contributed by atoms with Crippen LogP contribution in [0.25, 0.3) is 0 Å². The second-order valence-electron chi connectivity index (χ2n) is 4.08. The van der Waals surface area contributed by atoms with Crippen LogP contribution in [0.5, 0.6) is 0 Å². The Morgan fingerprint density at radius 1 is 1.67 bits per heavy atom. The number of Topliss-reactive ketones (excluding diaryl/α,β-unsaturated/α-hetero) is 1. The Morgan fingerprint density at radius 3 is 3.07 bits per heavy atom. The summed E-state index contributed by atoms with van der Waals surface area (Å²) in [6.45, 7) is 0.653. The summed E-state index contributed by atoms with van der Waals surface area (Å²) >= 11 is 0. The van der Waals surface area contributed by atoms with Crippen LogP contribution in [0.1, 0.15) is 24.6 Å². The third-order valence-electron chi connectivity index (χ3n) is 2.91. The number of methoxy groups -OCH3 is 1. The van der Waals surface area contributed by atoms with E-state index < -0.39 is 0 Å². The van der Waals surface area contributed by atoms with Crippen LogP contribution in [0.4, 0.5) is 0 Å². The summed E-state index contributed by atoms with van der Waals surface area (Å²) in [4.78, 5) is 11.8. The maximum atomic E-state index is 11.8. The number of ketones is 1. The fraction of sp³-hybridized carbons (Fsp3) is 0.700. The minimum Gasteiger partial charge on any atom is -0.384 e. The van der Waals surface area contributed by atoms with Gasteiger partial charge in [0.2, 0.25) is 0 Å². The molecule has 0 amide bonds. The number of aryl methyl sites for hydroxylation is 1. The molecule has 2 rings (SSSR count). The largest absolute Gasteiger partial charge is 0.384 e. The number of carbonyl (C=O) groups excluding carboxylic acids is 1. The van der Waals surface area contributed by atoms with E-state index in [0.29, 0.717) is 18.9 Å². The van der Waals surface area contributed by atoms with Crippen molar-refractivity contribution in [1.82, 2.24) is 14.8 Å². The van der Waals surface area contributed by atoms with E-state index in [2.05, 4.69) is 10.2 Å². The molecule has 0 radical (unpaired) electrons. The summed E-state index contributed by atoms with van der Waals surface area (Å²) < 4.78 is 6.89. The molecule has 1 aromatic heterocycles. The van der Waals surface area contributed by atoms with Crippen LogP contribution >= 0.6 is 0 Å². The zero-order chi connectivity index (χ0) is 10.8. The van der Waals surface area contributed by atoms with Gasteiger partial charge in [0.15, 0.2) is 0 Å². The van der Waals surface area contributed by atoms with Crippen LogP contribution in [-0.4, -0.2) is 34.3 Å². The van der Waals surface area contributed by atoms with E-state index in [4.69, 9.17) is 4.74 Å². The number of hydrogen-bond acceptors (Lipinski definition) is 4. The Morgan fingerprint density at radius 2 is 2.47 bits per heavy atom. The molecule has 1 aliphatic carbocycles. The van der Waals surface area contributed by atoms with Gasteiger partial charge in [-0.05, 0) is 12.3 Å². The van der Waals surface area contributed by atoms with E-state index in [9.17, 15) is 4.79 Å². The van der Waals surface area contributed by atoms with Crippen molar-refractivity contribution in [3.8, 4) is 0 Å². The molecule has 0 aliphatic heterocycles. The summed E-state index contributed by atoms with van der Waals surface area (Å²) in [5.74, 6) is 1.29. The normalized spacial score (nSPS) is 26.1. The van der Waals surface area contributed by atoms with Gasteiger partial charge in [-0.2, -0.15) is 0 Å². The van der Waals surface area contributed by atoms with Crippen molar-refractivity contribution in [2.24, 2.45) is 13.0 Å². The lowest BCUT2D eigenvalue weighted by molar-refractivity contribution is -0.119. The molecule has 2 atom stereocenters. The van der Waals surface area contributed by atoms with Crippen LogP contribution in [0, 0.1) is 5.92 Å². The standard InChI is InChI=1S/C10H15N3O2/c1-13-6-11-12-10(13)8-3-7(5-15-2)4-9(8)14/h6-8H,3-5H2,1-2H3. The van der Waals surface area contributed by atoms with E-state index in [-0.39, 0.29) is 11.7 Å². The maximum absolute atomic E-state index is 11.8. The average Bonchev–Trinajstić information content (AvgIpc) is 2.73. The zero-order valence-corrected chi connectivity index (χ0v) is 9.01. The Kier molecular flexibility index (Phi) is 2.81. The SMILES string of the molecule is COCC1CC(=O)C(c2nncn2C)C1. The van der Waals surface area contributed by atoms with Gasteiger partial charge in [0, 0.05) is 27.2 Å². The molecule has 15 heavy (non-hydrogen) atoms. The van der Waals surface area contributed by atoms with Crippen molar-refractivity contribution in [2.75, 3.05) is 13.7 Å². The highest BCUT2D eigenvalue weighted by molar-refractivity contribution is 5.87. The minimum atomic E-state index is -0.0855. The predicted molar refractivity (Wildman–Crippen MR) is 53.4 cm³/mol. The number of carbonyl (C=O) groups is 1. The molecule has 1 aliphatic rings.